The fourth-order valence-electron chi connectivity index (χ4n) is 3.55. The van der Waals surface area contributed by atoms with E-state index in [1.807, 2.05) is 15.8 Å². The Kier molecular flexibility index (Phi) is 4.82. The van der Waals surface area contributed by atoms with Crippen LogP contribution in [0.2, 0.25) is 0 Å². The van der Waals surface area contributed by atoms with Crippen LogP contribution in [0, 0.1) is 5.82 Å². The summed E-state index contributed by atoms with van der Waals surface area (Å²) < 4.78 is 15.5. The van der Waals surface area contributed by atoms with Crippen molar-refractivity contribution in [2.75, 3.05) is 6.54 Å². The summed E-state index contributed by atoms with van der Waals surface area (Å²) in [7, 11) is 0. The Bertz CT molecular complexity index is 812. The van der Waals surface area contributed by atoms with Crippen molar-refractivity contribution in [3.63, 3.8) is 0 Å². The number of amides is 1. The molecule has 26 heavy (non-hydrogen) atoms. The van der Waals surface area contributed by atoms with Crippen molar-refractivity contribution in [3.8, 4) is 0 Å². The maximum absolute atomic E-state index is 13.6. The lowest BCUT2D eigenvalue weighted by Gasteiger charge is -2.24. The quantitative estimate of drug-likeness (QED) is 0.799. The van der Waals surface area contributed by atoms with Gasteiger partial charge in [0.2, 0.25) is 5.91 Å². The Balaban J connectivity index is 1.34. The van der Waals surface area contributed by atoms with Crippen LogP contribution in [0.5, 0.6) is 0 Å². The molecule has 1 saturated heterocycles. The second-order valence-electron chi connectivity index (χ2n) is 7.15. The molecule has 0 spiro atoms. The molecule has 0 unspecified atom stereocenters. The largest absolute Gasteiger partial charge is 0.338 e. The van der Waals surface area contributed by atoms with Crippen molar-refractivity contribution in [2.45, 2.75) is 50.6 Å². The van der Waals surface area contributed by atoms with Crippen LogP contribution in [0.4, 0.5) is 4.39 Å². The first-order valence-electron chi connectivity index (χ1n) is 9.31. The fourth-order valence-corrected chi connectivity index (χ4v) is 3.55. The van der Waals surface area contributed by atoms with E-state index in [1.165, 1.54) is 18.9 Å². The molecule has 136 valence electrons. The molecule has 2 aliphatic rings. The summed E-state index contributed by atoms with van der Waals surface area (Å²) in [4.78, 5) is 14.5. The number of benzene rings is 1. The third-order valence-electron chi connectivity index (χ3n) is 5.14. The highest BCUT2D eigenvalue weighted by atomic mass is 19.1. The van der Waals surface area contributed by atoms with E-state index in [4.69, 9.17) is 0 Å². The Labute approximate surface area is 152 Å². The molecule has 5 nitrogen and oxygen atoms in total. The van der Waals surface area contributed by atoms with Crippen LogP contribution in [-0.4, -0.2) is 38.4 Å². The summed E-state index contributed by atoms with van der Waals surface area (Å²) in [6, 6.07) is 6.74. The zero-order valence-electron chi connectivity index (χ0n) is 14.7. The normalized spacial score (nSPS) is 20.2. The predicted octanol–water partition coefficient (Wildman–Crippen LogP) is 3.39. The van der Waals surface area contributed by atoms with Gasteiger partial charge in [0.05, 0.1) is 18.3 Å². The van der Waals surface area contributed by atoms with Crippen molar-refractivity contribution in [2.24, 2.45) is 0 Å². The third-order valence-corrected chi connectivity index (χ3v) is 5.14. The number of rotatable bonds is 6. The Morgan fingerprint density at radius 1 is 1.27 bits per heavy atom. The van der Waals surface area contributed by atoms with E-state index in [9.17, 15) is 9.18 Å². The Morgan fingerprint density at radius 2 is 2.12 bits per heavy atom. The minimum atomic E-state index is -0.270. The van der Waals surface area contributed by atoms with Crippen LogP contribution < -0.4 is 0 Å². The molecule has 1 atom stereocenters. The van der Waals surface area contributed by atoms with Gasteiger partial charge in [-0.1, -0.05) is 35.6 Å². The highest BCUT2D eigenvalue weighted by Crippen LogP contribution is 2.38. The lowest BCUT2D eigenvalue weighted by molar-refractivity contribution is -0.131. The van der Waals surface area contributed by atoms with Gasteiger partial charge in [-0.3, -0.25) is 9.48 Å². The molecule has 2 heterocycles. The number of hydrogen-bond acceptors (Lipinski definition) is 3. The van der Waals surface area contributed by atoms with Gasteiger partial charge in [-0.05, 0) is 31.7 Å². The molecule has 0 bridgehead atoms. The van der Waals surface area contributed by atoms with Crippen LogP contribution in [-0.2, 0) is 11.3 Å². The number of carbonyl (C=O) groups excluding carboxylic acids is 1. The van der Waals surface area contributed by atoms with Crippen LogP contribution in [0.3, 0.4) is 0 Å². The molecular formula is C20H23FN4O. The number of nitrogens with zero attached hydrogens (tertiary/aromatic N) is 4. The molecule has 1 aromatic carbocycles. The Hall–Kier alpha value is -2.50. The second-order valence-corrected chi connectivity index (χ2v) is 7.15. The molecule has 6 heteroatoms. The molecule has 4 rings (SSSR count). The van der Waals surface area contributed by atoms with Crippen LogP contribution >= 0.6 is 0 Å². The van der Waals surface area contributed by atoms with Crippen LogP contribution in [0.15, 0.2) is 36.5 Å². The molecule has 1 saturated carbocycles. The average Bonchev–Trinajstić information content (AvgIpc) is 3.21. The minimum absolute atomic E-state index is 0.0858. The SMILES string of the molecule is O=C(C/C=C/c1ccccc1F)N1CCC[C@H]1Cn1cc(C2CC2)nn1. The zero-order valence-corrected chi connectivity index (χ0v) is 14.7. The molecule has 1 aliphatic carbocycles. The molecule has 1 amide bonds. The van der Waals surface area contributed by atoms with Crippen molar-refractivity contribution >= 4 is 12.0 Å². The summed E-state index contributed by atoms with van der Waals surface area (Å²) >= 11 is 0. The van der Waals surface area contributed by atoms with Gasteiger partial charge in [0.15, 0.2) is 0 Å². The maximum atomic E-state index is 13.6. The van der Waals surface area contributed by atoms with Gasteiger partial charge in [-0.15, -0.1) is 5.10 Å². The zero-order chi connectivity index (χ0) is 17.9. The highest BCUT2D eigenvalue weighted by molar-refractivity contribution is 5.79. The molecule has 0 radical (unpaired) electrons. The van der Waals surface area contributed by atoms with Crippen molar-refractivity contribution in [1.29, 1.82) is 0 Å². The van der Waals surface area contributed by atoms with E-state index in [0.717, 1.165) is 25.1 Å². The van der Waals surface area contributed by atoms with E-state index in [-0.39, 0.29) is 24.2 Å². The molecule has 0 N–H and O–H groups in total. The van der Waals surface area contributed by atoms with Crippen molar-refractivity contribution < 1.29 is 9.18 Å². The summed E-state index contributed by atoms with van der Waals surface area (Å²) in [6.07, 6.45) is 10.2. The number of carbonyl (C=O) groups is 1. The monoisotopic (exact) mass is 354 g/mol. The number of likely N-dealkylation sites (tertiary alicyclic amines) is 1. The maximum Gasteiger partial charge on any atom is 0.226 e. The Morgan fingerprint density at radius 3 is 2.92 bits per heavy atom. The van der Waals surface area contributed by atoms with Crippen molar-refractivity contribution in [3.05, 3.63) is 53.6 Å². The van der Waals surface area contributed by atoms with Gasteiger partial charge in [0, 0.05) is 30.6 Å². The average molecular weight is 354 g/mol. The summed E-state index contributed by atoms with van der Waals surface area (Å²) in [6.45, 7) is 1.48. The van der Waals surface area contributed by atoms with E-state index in [2.05, 4.69) is 10.3 Å². The smallest absolute Gasteiger partial charge is 0.226 e. The second kappa shape index (κ2) is 7.40. The number of aromatic nitrogens is 3. The van der Waals surface area contributed by atoms with Gasteiger partial charge in [-0.2, -0.15) is 0 Å². The number of halogens is 1. The number of hydrogen-bond donors (Lipinski definition) is 0. The lowest BCUT2D eigenvalue weighted by Crippen LogP contribution is -2.37. The molecule has 1 aliphatic heterocycles. The van der Waals surface area contributed by atoms with Gasteiger partial charge < -0.3 is 4.90 Å². The first-order valence-corrected chi connectivity index (χ1v) is 9.31. The summed E-state index contributed by atoms with van der Waals surface area (Å²) in [5, 5.41) is 8.46. The molecule has 1 aromatic heterocycles. The van der Waals surface area contributed by atoms with E-state index >= 15 is 0 Å². The van der Waals surface area contributed by atoms with Gasteiger partial charge in [0.25, 0.3) is 0 Å². The summed E-state index contributed by atoms with van der Waals surface area (Å²) in [5.41, 5.74) is 1.59. The summed E-state index contributed by atoms with van der Waals surface area (Å²) in [5.74, 6) is 0.407. The minimum Gasteiger partial charge on any atom is -0.338 e. The molecular weight excluding hydrogens is 331 g/mol. The standard InChI is InChI=1S/C20H23FN4O/c21-18-8-2-1-5-15(18)6-3-9-20(26)25-12-4-7-17(25)13-24-14-19(22-23-24)16-10-11-16/h1-3,5-6,8,14,16-17H,4,7,9-13H2/b6-3+/t17-/m0/s1. The first kappa shape index (κ1) is 16.9. The van der Waals surface area contributed by atoms with Crippen LogP contribution in [0.1, 0.15) is 49.3 Å². The van der Waals surface area contributed by atoms with E-state index < -0.39 is 0 Å². The van der Waals surface area contributed by atoms with Gasteiger partial charge in [-0.25, -0.2) is 4.39 Å². The lowest BCUT2D eigenvalue weighted by atomic mass is 10.1. The highest BCUT2D eigenvalue weighted by Gasteiger charge is 2.30. The first-order chi connectivity index (χ1) is 12.7. The third kappa shape index (κ3) is 3.84. The van der Waals surface area contributed by atoms with Crippen molar-refractivity contribution in [1.82, 2.24) is 19.9 Å². The van der Waals surface area contributed by atoms with Crippen LogP contribution in [0.25, 0.3) is 6.08 Å². The topological polar surface area (TPSA) is 51.0 Å². The molecule has 2 aromatic rings. The predicted molar refractivity (Wildman–Crippen MR) is 96.8 cm³/mol. The van der Waals surface area contributed by atoms with Gasteiger partial charge >= 0.3 is 0 Å². The molecule has 2 fully saturated rings. The van der Waals surface area contributed by atoms with Gasteiger partial charge in [0.1, 0.15) is 5.82 Å². The fraction of sp³-hybridized carbons (Fsp3) is 0.450. The van der Waals surface area contributed by atoms with E-state index in [1.54, 1.807) is 30.4 Å². The van der Waals surface area contributed by atoms with E-state index in [0.29, 0.717) is 18.0 Å².